The first-order chi connectivity index (χ1) is 9.90. The van der Waals surface area contributed by atoms with Crippen LogP contribution in [-0.4, -0.2) is 34.7 Å². The first-order valence-electron chi connectivity index (χ1n) is 7.30. The van der Waals surface area contributed by atoms with Gasteiger partial charge in [0.05, 0.1) is 4.90 Å². The highest BCUT2D eigenvalue weighted by Crippen LogP contribution is 2.17. The molecule has 1 rings (SSSR count). The average molecular weight is 314 g/mol. The van der Waals surface area contributed by atoms with Gasteiger partial charge in [-0.2, -0.15) is 0 Å². The molecular formula is C15H26N2O3S. The fourth-order valence-corrected chi connectivity index (χ4v) is 3.12. The lowest BCUT2D eigenvalue weighted by molar-refractivity contribution is 0.318. The van der Waals surface area contributed by atoms with E-state index < -0.39 is 10.0 Å². The third-order valence-electron chi connectivity index (χ3n) is 3.59. The Labute approximate surface area is 128 Å². The molecule has 2 unspecified atom stereocenters. The maximum absolute atomic E-state index is 12.3. The van der Waals surface area contributed by atoms with Crippen molar-refractivity contribution >= 4 is 10.0 Å². The van der Waals surface area contributed by atoms with Crippen LogP contribution in [0.4, 0.5) is 0 Å². The van der Waals surface area contributed by atoms with E-state index in [1.165, 1.54) is 0 Å². The number of hydrogen-bond acceptors (Lipinski definition) is 4. The molecule has 21 heavy (non-hydrogen) atoms. The van der Waals surface area contributed by atoms with Crippen LogP contribution >= 0.6 is 0 Å². The summed E-state index contributed by atoms with van der Waals surface area (Å²) < 4.78 is 32.7. The van der Waals surface area contributed by atoms with Crippen molar-refractivity contribution in [2.45, 2.75) is 38.1 Å². The van der Waals surface area contributed by atoms with Crippen molar-refractivity contribution in [2.24, 2.45) is 5.92 Å². The van der Waals surface area contributed by atoms with Gasteiger partial charge in [0.2, 0.25) is 10.0 Å². The number of sulfonamides is 1. The van der Waals surface area contributed by atoms with Crippen LogP contribution in [-0.2, 0) is 10.0 Å². The average Bonchev–Trinajstić information content (AvgIpc) is 2.46. The number of ether oxygens (including phenoxy) is 1. The van der Waals surface area contributed by atoms with Gasteiger partial charge in [0.25, 0.3) is 0 Å². The predicted octanol–water partition coefficient (Wildman–Crippen LogP) is 2.00. The molecule has 0 heterocycles. The number of benzene rings is 1. The van der Waals surface area contributed by atoms with Gasteiger partial charge < -0.3 is 10.1 Å². The lowest BCUT2D eigenvalue weighted by atomic mass is 10.0. The van der Waals surface area contributed by atoms with Crippen LogP contribution in [0.2, 0.25) is 0 Å². The Kier molecular flexibility index (Phi) is 7.14. The quantitative estimate of drug-likeness (QED) is 0.684. The van der Waals surface area contributed by atoms with E-state index in [-0.39, 0.29) is 10.9 Å². The van der Waals surface area contributed by atoms with Gasteiger partial charge in [-0.05, 0) is 44.2 Å². The summed E-state index contributed by atoms with van der Waals surface area (Å²) in [7, 11) is -1.62. The zero-order chi connectivity index (χ0) is 15.9. The number of hydrogen-bond donors (Lipinski definition) is 2. The van der Waals surface area contributed by atoms with Crippen LogP contribution < -0.4 is 14.8 Å². The minimum atomic E-state index is -3.47. The molecule has 0 aromatic heterocycles. The molecule has 0 aliphatic carbocycles. The van der Waals surface area contributed by atoms with Gasteiger partial charge in [0.1, 0.15) is 12.4 Å². The summed E-state index contributed by atoms with van der Waals surface area (Å²) >= 11 is 0. The Hall–Kier alpha value is -1.11. The van der Waals surface area contributed by atoms with Crippen molar-refractivity contribution in [3.05, 3.63) is 24.3 Å². The molecule has 2 atom stereocenters. The predicted molar refractivity (Wildman–Crippen MR) is 85.1 cm³/mol. The van der Waals surface area contributed by atoms with Crippen LogP contribution in [0.15, 0.2) is 29.2 Å². The van der Waals surface area contributed by atoms with E-state index in [1.807, 2.05) is 27.8 Å². The number of rotatable bonds is 9. The van der Waals surface area contributed by atoms with E-state index in [0.717, 1.165) is 13.0 Å². The van der Waals surface area contributed by atoms with Gasteiger partial charge in [0.15, 0.2) is 0 Å². The highest BCUT2D eigenvalue weighted by Gasteiger charge is 2.20. The Balaban J connectivity index is 2.71. The molecule has 5 nitrogen and oxygen atoms in total. The SMILES string of the molecule is CCC(C)C(C)NS(=O)(=O)c1ccc(OCCNC)cc1. The molecule has 1 aromatic rings. The van der Waals surface area contributed by atoms with E-state index in [9.17, 15) is 8.42 Å². The second-order valence-electron chi connectivity index (χ2n) is 5.22. The van der Waals surface area contributed by atoms with Gasteiger partial charge in [0, 0.05) is 12.6 Å². The highest BCUT2D eigenvalue weighted by molar-refractivity contribution is 7.89. The van der Waals surface area contributed by atoms with E-state index in [4.69, 9.17) is 4.74 Å². The molecule has 0 spiro atoms. The maximum atomic E-state index is 12.3. The Bertz CT molecular complexity index is 514. The summed E-state index contributed by atoms with van der Waals surface area (Å²) in [6, 6.07) is 6.41. The highest BCUT2D eigenvalue weighted by atomic mass is 32.2. The fourth-order valence-electron chi connectivity index (χ4n) is 1.77. The zero-order valence-electron chi connectivity index (χ0n) is 13.2. The van der Waals surface area contributed by atoms with Crippen molar-refractivity contribution < 1.29 is 13.2 Å². The van der Waals surface area contributed by atoms with Gasteiger partial charge in [-0.3, -0.25) is 0 Å². The van der Waals surface area contributed by atoms with Gasteiger partial charge in [-0.15, -0.1) is 0 Å². The first-order valence-corrected chi connectivity index (χ1v) is 8.78. The van der Waals surface area contributed by atoms with Crippen molar-refractivity contribution in [2.75, 3.05) is 20.2 Å². The van der Waals surface area contributed by atoms with Crippen molar-refractivity contribution in [1.29, 1.82) is 0 Å². The maximum Gasteiger partial charge on any atom is 0.240 e. The Morgan fingerprint density at radius 1 is 1.19 bits per heavy atom. The summed E-state index contributed by atoms with van der Waals surface area (Å²) in [5.74, 6) is 0.961. The second kappa shape index (κ2) is 8.36. The molecule has 2 N–H and O–H groups in total. The molecular weight excluding hydrogens is 288 g/mol. The summed E-state index contributed by atoms with van der Waals surface area (Å²) in [6.07, 6.45) is 0.932. The van der Waals surface area contributed by atoms with Crippen LogP contribution in [0.25, 0.3) is 0 Å². The second-order valence-corrected chi connectivity index (χ2v) is 6.93. The minimum absolute atomic E-state index is 0.0912. The summed E-state index contributed by atoms with van der Waals surface area (Å²) in [4.78, 5) is 0.263. The standard InChI is InChI=1S/C15H26N2O3S/c1-5-12(2)13(3)17-21(18,19)15-8-6-14(7-9-15)20-11-10-16-4/h6-9,12-13,16-17H,5,10-11H2,1-4H3. The molecule has 0 radical (unpaired) electrons. The molecule has 0 saturated heterocycles. The molecule has 0 bridgehead atoms. The Morgan fingerprint density at radius 3 is 2.33 bits per heavy atom. The molecule has 6 heteroatoms. The molecule has 0 aliphatic rings. The van der Waals surface area contributed by atoms with Crippen molar-refractivity contribution in [1.82, 2.24) is 10.0 Å². The molecule has 120 valence electrons. The number of nitrogens with one attached hydrogen (secondary N) is 2. The summed E-state index contributed by atoms with van der Waals surface area (Å²) in [5.41, 5.74) is 0. The molecule has 0 aliphatic heterocycles. The van der Waals surface area contributed by atoms with Crippen molar-refractivity contribution in [3.8, 4) is 5.75 Å². The number of likely N-dealkylation sites (N-methyl/N-ethyl adjacent to an activating group) is 1. The lowest BCUT2D eigenvalue weighted by Crippen LogP contribution is -2.36. The summed E-state index contributed by atoms with van der Waals surface area (Å²) in [6.45, 7) is 7.26. The third kappa shape index (κ3) is 5.65. The van der Waals surface area contributed by atoms with Gasteiger partial charge >= 0.3 is 0 Å². The Morgan fingerprint density at radius 2 is 1.81 bits per heavy atom. The minimum Gasteiger partial charge on any atom is -0.492 e. The van der Waals surface area contributed by atoms with Crippen molar-refractivity contribution in [3.63, 3.8) is 0 Å². The smallest absolute Gasteiger partial charge is 0.240 e. The summed E-state index contributed by atoms with van der Waals surface area (Å²) in [5, 5.41) is 2.98. The molecule has 0 amide bonds. The lowest BCUT2D eigenvalue weighted by Gasteiger charge is -2.19. The largest absolute Gasteiger partial charge is 0.492 e. The molecule has 1 aromatic carbocycles. The first kappa shape index (κ1) is 17.9. The zero-order valence-corrected chi connectivity index (χ0v) is 14.0. The van der Waals surface area contributed by atoms with Crippen LogP contribution in [0.5, 0.6) is 5.75 Å². The van der Waals surface area contributed by atoms with Crippen LogP contribution in [0.1, 0.15) is 27.2 Å². The molecule has 0 saturated carbocycles. The molecule has 0 fully saturated rings. The van der Waals surface area contributed by atoms with E-state index in [1.54, 1.807) is 24.3 Å². The van der Waals surface area contributed by atoms with Gasteiger partial charge in [-0.25, -0.2) is 13.1 Å². The third-order valence-corrected chi connectivity index (χ3v) is 5.17. The van der Waals surface area contributed by atoms with E-state index in [2.05, 4.69) is 10.0 Å². The van der Waals surface area contributed by atoms with Crippen LogP contribution in [0, 0.1) is 5.92 Å². The van der Waals surface area contributed by atoms with E-state index >= 15 is 0 Å². The monoisotopic (exact) mass is 314 g/mol. The van der Waals surface area contributed by atoms with Gasteiger partial charge in [-0.1, -0.05) is 20.3 Å². The normalized spacial score (nSPS) is 14.7. The van der Waals surface area contributed by atoms with E-state index in [0.29, 0.717) is 18.3 Å². The fraction of sp³-hybridized carbons (Fsp3) is 0.600. The topological polar surface area (TPSA) is 67.4 Å². The van der Waals surface area contributed by atoms with Crippen LogP contribution in [0.3, 0.4) is 0 Å².